The first-order valence-corrected chi connectivity index (χ1v) is 6.97. The molecule has 0 aromatic rings. The number of carbonyl (C=O) groups excluding carboxylic acids is 1. The highest BCUT2D eigenvalue weighted by molar-refractivity contribution is 5.55. The Labute approximate surface area is 99.0 Å². The van der Waals surface area contributed by atoms with E-state index in [1.54, 1.807) is 0 Å². The molecule has 3 aliphatic rings. The van der Waals surface area contributed by atoms with Crippen molar-refractivity contribution in [2.45, 2.75) is 52.9 Å². The van der Waals surface area contributed by atoms with Crippen LogP contribution in [-0.2, 0) is 4.79 Å². The molecular weight excluding hydrogens is 196 g/mol. The van der Waals surface area contributed by atoms with Crippen LogP contribution in [0.2, 0.25) is 0 Å². The van der Waals surface area contributed by atoms with Crippen molar-refractivity contribution in [1.29, 1.82) is 0 Å². The van der Waals surface area contributed by atoms with E-state index in [1.165, 1.54) is 38.4 Å². The Morgan fingerprint density at radius 1 is 1.19 bits per heavy atom. The van der Waals surface area contributed by atoms with Gasteiger partial charge < -0.3 is 4.79 Å². The van der Waals surface area contributed by atoms with Crippen LogP contribution in [0.4, 0.5) is 0 Å². The van der Waals surface area contributed by atoms with Gasteiger partial charge in [0.25, 0.3) is 0 Å². The largest absolute Gasteiger partial charge is 0.303 e. The molecule has 5 unspecified atom stereocenters. The predicted molar refractivity (Wildman–Crippen MR) is 65.0 cm³/mol. The molecule has 90 valence electrons. The van der Waals surface area contributed by atoms with Gasteiger partial charge in [-0.1, -0.05) is 20.8 Å². The maximum atomic E-state index is 11.2. The summed E-state index contributed by atoms with van der Waals surface area (Å²) in [5.41, 5.74) is 1.03. The number of aldehydes is 1. The van der Waals surface area contributed by atoms with E-state index in [4.69, 9.17) is 0 Å². The molecule has 1 spiro atoms. The molecule has 0 amide bonds. The van der Waals surface area contributed by atoms with Crippen molar-refractivity contribution >= 4 is 6.29 Å². The minimum Gasteiger partial charge on any atom is -0.303 e. The average Bonchev–Trinajstić information content (AvgIpc) is 2.65. The molecular formula is C15H24O. The van der Waals surface area contributed by atoms with Crippen LogP contribution in [0.15, 0.2) is 0 Å². The molecule has 0 N–H and O–H groups in total. The van der Waals surface area contributed by atoms with E-state index in [0.29, 0.717) is 22.7 Å². The maximum Gasteiger partial charge on any atom is 0.123 e. The molecule has 16 heavy (non-hydrogen) atoms. The third-order valence-electron chi connectivity index (χ3n) is 6.65. The standard InChI is InChI=1S/C15H24O/c1-10-4-5-13-14(2,3)12-8-15(10,13)7-6-11(12)9-16/h9-13H,4-8H2,1-3H3. The van der Waals surface area contributed by atoms with Crippen LogP contribution >= 0.6 is 0 Å². The zero-order valence-electron chi connectivity index (χ0n) is 10.8. The molecule has 3 aliphatic carbocycles. The summed E-state index contributed by atoms with van der Waals surface area (Å²) in [4.78, 5) is 11.2. The zero-order chi connectivity index (χ0) is 11.6. The molecule has 0 aromatic carbocycles. The van der Waals surface area contributed by atoms with Crippen LogP contribution in [0.5, 0.6) is 0 Å². The fraction of sp³-hybridized carbons (Fsp3) is 0.933. The molecule has 5 atom stereocenters. The Balaban J connectivity index is 2.03. The van der Waals surface area contributed by atoms with Gasteiger partial charge in [-0.05, 0) is 60.7 Å². The summed E-state index contributed by atoms with van der Waals surface area (Å²) in [6, 6.07) is 0. The second-order valence-electron chi connectivity index (χ2n) is 7.23. The van der Waals surface area contributed by atoms with Crippen molar-refractivity contribution in [3.63, 3.8) is 0 Å². The van der Waals surface area contributed by atoms with Crippen LogP contribution < -0.4 is 0 Å². The lowest BCUT2D eigenvalue weighted by Crippen LogP contribution is -2.32. The summed E-state index contributed by atoms with van der Waals surface area (Å²) in [7, 11) is 0. The van der Waals surface area contributed by atoms with E-state index in [1.807, 2.05) is 0 Å². The second-order valence-corrected chi connectivity index (χ2v) is 7.23. The first kappa shape index (κ1) is 10.8. The highest BCUT2D eigenvalue weighted by Gasteiger charge is 2.65. The molecule has 3 fully saturated rings. The summed E-state index contributed by atoms with van der Waals surface area (Å²) in [5, 5.41) is 0. The van der Waals surface area contributed by atoms with E-state index in [2.05, 4.69) is 20.8 Å². The third-order valence-corrected chi connectivity index (χ3v) is 6.65. The van der Waals surface area contributed by atoms with Gasteiger partial charge in [0.2, 0.25) is 0 Å². The minimum absolute atomic E-state index is 0.360. The Kier molecular flexibility index (Phi) is 2.10. The number of hydrogen-bond acceptors (Lipinski definition) is 1. The Morgan fingerprint density at radius 2 is 1.94 bits per heavy atom. The molecule has 2 bridgehead atoms. The molecule has 1 nitrogen and oxygen atoms in total. The summed E-state index contributed by atoms with van der Waals surface area (Å²) in [6.45, 7) is 7.33. The molecule has 0 saturated heterocycles. The second kappa shape index (κ2) is 3.11. The van der Waals surface area contributed by atoms with Crippen LogP contribution in [0.1, 0.15) is 52.9 Å². The maximum absolute atomic E-state index is 11.2. The fourth-order valence-electron chi connectivity index (χ4n) is 5.75. The fourth-order valence-corrected chi connectivity index (χ4v) is 5.75. The molecule has 3 rings (SSSR count). The van der Waals surface area contributed by atoms with E-state index in [-0.39, 0.29) is 0 Å². The highest BCUT2D eigenvalue weighted by atomic mass is 16.1. The van der Waals surface area contributed by atoms with Gasteiger partial charge in [0.15, 0.2) is 0 Å². The first-order chi connectivity index (χ1) is 7.52. The lowest BCUT2D eigenvalue weighted by Gasteiger charge is -2.39. The normalized spacial score (nSPS) is 53.7. The van der Waals surface area contributed by atoms with Gasteiger partial charge in [-0.3, -0.25) is 0 Å². The molecule has 0 aromatic heterocycles. The summed E-state index contributed by atoms with van der Waals surface area (Å²) in [5.74, 6) is 2.82. The SMILES string of the molecule is CC1CCC2C(C)(C)C3CC12CCC3C=O. The van der Waals surface area contributed by atoms with Gasteiger partial charge in [-0.25, -0.2) is 0 Å². The van der Waals surface area contributed by atoms with Crippen LogP contribution in [0, 0.1) is 34.5 Å². The van der Waals surface area contributed by atoms with Gasteiger partial charge in [-0.15, -0.1) is 0 Å². The predicted octanol–water partition coefficient (Wildman–Crippen LogP) is 3.67. The van der Waals surface area contributed by atoms with Crippen LogP contribution in [0.3, 0.4) is 0 Å². The topological polar surface area (TPSA) is 17.1 Å². The van der Waals surface area contributed by atoms with Gasteiger partial charge in [0.05, 0.1) is 0 Å². The van der Waals surface area contributed by atoms with Crippen molar-refractivity contribution in [3.05, 3.63) is 0 Å². The third kappa shape index (κ3) is 1.05. The summed E-state index contributed by atoms with van der Waals surface area (Å²) >= 11 is 0. The van der Waals surface area contributed by atoms with E-state index < -0.39 is 0 Å². The van der Waals surface area contributed by atoms with Crippen molar-refractivity contribution in [2.75, 3.05) is 0 Å². The summed E-state index contributed by atoms with van der Waals surface area (Å²) in [6.07, 6.45) is 7.92. The Bertz CT molecular complexity index is 319. The van der Waals surface area contributed by atoms with Crippen molar-refractivity contribution < 1.29 is 4.79 Å². The van der Waals surface area contributed by atoms with Crippen LogP contribution in [-0.4, -0.2) is 6.29 Å². The Hall–Kier alpha value is -0.330. The van der Waals surface area contributed by atoms with E-state index in [0.717, 1.165) is 11.8 Å². The van der Waals surface area contributed by atoms with Gasteiger partial charge in [-0.2, -0.15) is 0 Å². The van der Waals surface area contributed by atoms with Crippen molar-refractivity contribution in [2.24, 2.45) is 34.5 Å². The number of fused-ring (bicyclic) bond motifs is 1. The monoisotopic (exact) mass is 220 g/mol. The lowest BCUT2D eigenvalue weighted by molar-refractivity contribution is -0.115. The molecule has 1 heteroatoms. The van der Waals surface area contributed by atoms with Crippen LogP contribution in [0.25, 0.3) is 0 Å². The van der Waals surface area contributed by atoms with Gasteiger partial charge in [0.1, 0.15) is 6.29 Å². The molecule has 0 heterocycles. The Morgan fingerprint density at radius 3 is 2.62 bits per heavy atom. The molecule has 0 aliphatic heterocycles. The van der Waals surface area contributed by atoms with Gasteiger partial charge in [0, 0.05) is 5.92 Å². The smallest absolute Gasteiger partial charge is 0.123 e. The number of carbonyl (C=O) groups is 1. The van der Waals surface area contributed by atoms with Crippen molar-refractivity contribution in [3.8, 4) is 0 Å². The van der Waals surface area contributed by atoms with Gasteiger partial charge >= 0.3 is 0 Å². The number of rotatable bonds is 1. The van der Waals surface area contributed by atoms with E-state index in [9.17, 15) is 4.79 Å². The zero-order valence-corrected chi connectivity index (χ0v) is 10.8. The number of hydrogen-bond donors (Lipinski definition) is 0. The first-order valence-electron chi connectivity index (χ1n) is 6.97. The quantitative estimate of drug-likeness (QED) is 0.616. The molecule has 0 radical (unpaired) electrons. The minimum atomic E-state index is 0.360. The average molecular weight is 220 g/mol. The highest BCUT2D eigenvalue weighted by Crippen LogP contribution is 2.72. The van der Waals surface area contributed by atoms with E-state index >= 15 is 0 Å². The summed E-state index contributed by atoms with van der Waals surface area (Å²) < 4.78 is 0. The lowest BCUT2D eigenvalue weighted by atomic mass is 9.66. The van der Waals surface area contributed by atoms with Crippen molar-refractivity contribution in [1.82, 2.24) is 0 Å². The molecule has 3 saturated carbocycles.